The first-order valence-corrected chi connectivity index (χ1v) is 4.72. The third-order valence-electron chi connectivity index (χ3n) is 1.82. The molecule has 1 unspecified atom stereocenters. The summed E-state index contributed by atoms with van der Waals surface area (Å²) in [6.07, 6.45) is 4.65. The van der Waals surface area contributed by atoms with E-state index in [-0.39, 0.29) is 0 Å². The molecule has 1 nitrogen and oxygen atoms in total. The molecule has 2 heteroatoms. The van der Waals surface area contributed by atoms with Gasteiger partial charge in [-0.1, -0.05) is 0 Å². The Labute approximate surface area is 71.8 Å². The van der Waals surface area contributed by atoms with Crippen LogP contribution in [0.15, 0.2) is 0 Å². The fourth-order valence-electron chi connectivity index (χ4n) is 0.941. The van der Waals surface area contributed by atoms with Crippen LogP contribution in [0.25, 0.3) is 0 Å². The fourth-order valence-corrected chi connectivity index (χ4v) is 1.20. The summed E-state index contributed by atoms with van der Waals surface area (Å²) in [5, 5.41) is 9.77. The van der Waals surface area contributed by atoms with Gasteiger partial charge in [-0.3, -0.25) is 0 Å². The van der Waals surface area contributed by atoms with Crippen molar-refractivity contribution in [3.63, 3.8) is 0 Å². The van der Waals surface area contributed by atoms with Gasteiger partial charge in [0, 0.05) is 0 Å². The Morgan fingerprint density at radius 1 is 1.40 bits per heavy atom. The van der Waals surface area contributed by atoms with E-state index in [0.717, 1.165) is 18.2 Å². The first-order valence-electron chi connectivity index (χ1n) is 3.98. The van der Waals surface area contributed by atoms with Gasteiger partial charge in [-0.15, -0.1) is 0 Å². The van der Waals surface area contributed by atoms with Crippen LogP contribution in [0.2, 0.25) is 5.36 Å². The molecule has 0 aromatic heterocycles. The van der Waals surface area contributed by atoms with Crippen molar-refractivity contribution in [1.29, 1.82) is 0 Å². The van der Waals surface area contributed by atoms with Crippen LogP contribution in [0.4, 0.5) is 0 Å². The summed E-state index contributed by atoms with van der Waals surface area (Å²) in [5.41, 5.74) is 0. The zero-order chi connectivity index (χ0) is 7.82. The number of hydrogen-bond donors (Lipinski definition) is 1. The van der Waals surface area contributed by atoms with E-state index in [9.17, 15) is 0 Å². The summed E-state index contributed by atoms with van der Waals surface area (Å²) in [6.45, 7) is 2.48. The van der Waals surface area contributed by atoms with Gasteiger partial charge in [-0.2, -0.15) is 0 Å². The molecule has 0 aliphatic carbocycles. The number of aliphatic hydroxyl groups excluding tert-OH is 1. The Kier molecular flexibility index (Phi) is 7.93. The van der Waals surface area contributed by atoms with Crippen LogP contribution < -0.4 is 0 Å². The van der Waals surface area contributed by atoms with E-state index in [0.29, 0.717) is 12.5 Å². The van der Waals surface area contributed by atoms with Crippen LogP contribution in [-0.4, -0.2) is 11.7 Å². The van der Waals surface area contributed by atoms with E-state index >= 15 is 0 Å². The quantitative estimate of drug-likeness (QED) is 0.633. The Bertz CT molecular complexity index is 62.3. The van der Waals surface area contributed by atoms with Crippen molar-refractivity contribution >= 4 is 0 Å². The standard InChI is InChI=1S/C8H17O.Co/c1-3-5-6-8(4-2)7-9;/h8-9H,1,3-7H2,2H3;. The Morgan fingerprint density at radius 3 is 2.50 bits per heavy atom. The van der Waals surface area contributed by atoms with E-state index in [1.807, 2.05) is 0 Å². The molecule has 1 N–H and O–H groups in total. The molecule has 0 aromatic carbocycles. The van der Waals surface area contributed by atoms with Crippen molar-refractivity contribution in [3.05, 3.63) is 0 Å². The second-order valence-electron chi connectivity index (χ2n) is 2.62. The first kappa shape index (κ1) is 10.5. The molecule has 64 valence electrons. The molecule has 0 aliphatic heterocycles. The van der Waals surface area contributed by atoms with Crippen LogP contribution in [0.5, 0.6) is 0 Å². The van der Waals surface area contributed by atoms with Crippen LogP contribution in [0.1, 0.15) is 32.6 Å². The van der Waals surface area contributed by atoms with Gasteiger partial charge in [0.15, 0.2) is 0 Å². The molecular weight excluding hydrogens is 171 g/mol. The Morgan fingerprint density at radius 2 is 2.10 bits per heavy atom. The molecule has 0 heterocycles. The molecular formula is C8H17CoO. The van der Waals surface area contributed by atoms with E-state index in [2.05, 4.69) is 22.7 Å². The molecule has 0 bridgehead atoms. The van der Waals surface area contributed by atoms with Gasteiger partial charge in [0.1, 0.15) is 0 Å². The minimum atomic E-state index is 0.350. The normalized spacial score (nSPS) is 13.6. The third kappa shape index (κ3) is 5.27. The number of unbranched alkanes of at least 4 members (excludes halogenated alkanes) is 1. The second kappa shape index (κ2) is 7.57. The number of rotatable bonds is 6. The molecule has 0 aromatic rings. The van der Waals surface area contributed by atoms with E-state index < -0.39 is 0 Å². The summed E-state index contributed by atoms with van der Waals surface area (Å²) in [5.74, 6) is 0.527. The molecule has 0 radical (unpaired) electrons. The second-order valence-corrected chi connectivity index (χ2v) is 3.14. The molecule has 0 spiro atoms. The topological polar surface area (TPSA) is 20.2 Å². The Hall–Kier alpha value is 0.466. The van der Waals surface area contributed by atoms with Gasteiger partial charge in [-0.05, 0) is 0 Å². The molecule has 1 atom stereocenters. The van der Waals surface area contributed by atoms with Gasteiger partial charge >= 0.3 is 71.3 Å². The van der Waals surface area contributed by atoms with Gasteiger partial charge < -0.3 is 0 Å². The summed E-state index contributed by atoms with van der Waals surface area (Å²) >= 11 is 4.16. The first-order chi connectivity index (χ1) is 4.85. The van der Waals surface area contributed by atoms with E-state index in [1.54, 1.807) is 0 Å². The summed E-state index contributed by atoms with van der Waals surface area (Å²) < 4.78 is 0. The van der Waals surface area contributed by atoms with Gasteiger partial charge in [-0.25, -0.2) is 0 Å². The number of hydrogen-bond acceptors (Lipinski definition) is 1. The maximum atomic E-state index is 8.81. The third-order valence-corrected chi connectivity index (χ3v) is 2.18. The van der Waals surface area contributed by atoms with Crippen molar-refractivity contribution in [2.45, 2.75) is 38.0 Å². The monoisotopic (exact) mass is 188 g/mol. The van der Waals surface area contributed by atoms with Crippen LogP contribution >= 0.6 is 0 Å². The average molecular weight is 188 g/mol. The molecule has 10 heavy (non-hydrogen) atoms. The van der Waals surface area contributed by atoms with E-state index in [1.165, 1.54) is 12.8 Å². The number of aliphatic hydroxyl groups is 1. The summed E-state index contributed by atoms with van der Waals surface area (Å²) in [4.78, 5) is 0. The molecule has 0 amide bonds. The van der Waals surface area contributed by atoms with Gasteiger partial charge in [0.05, 0.1) is 0 Å². The maximum absolute atomic E-state index is 8.81. The molecule has 0 aliphatic rings. The predicted molar refractivity (Wildman–Crippen MR) is 39.5 cm³/mol. The predicted octanol–water partition coefficient (Wildman–Crippen LogP) is 2.14. The van der Waals surface area contributed by atoms with Crippen molar-refractivity contribution in [3.8, 4) is 0 Å². The zero-order valence-electron chi connectivity index (χ0n) is 6.60. The van der Waals surface area contributed by atoms with Gasteiger partial charge in [0.2, 0.25) is 0 Å². The summed E-state index contributed by atoms with van der Waals surface area (Å²) in [7, 11) is 0. The van der Waals surface area contributed by atoms with Crippen LogP contribution in [0, 0.1) is 5.92 Å². The SMILES string of the molecule is CCC(CO)CCC[CH2][Co]. The van der Waals surface area contributed by atoms with Crippen LogP contribution in [-0.2, 0) is 15.7 Å². The molecule has 0 rings (SSSR count). The Balaban J connectivity index is 3.09. The molecule has 0 saturated carbocycles. The average Bonchev–Trinajstić information content (AvgIpc) is 1.99. The van der Waals surface area contributed by atoms with E-state index in [4.69, 9.17) is 5.11 Å². The summed E-state index contributed by atoms with van der Waals surface area (Å²) in [6, 6.07) is 0. The van der Waals surface area contributed by atoms with Crippen molar-refractivity contribution in [1.82, 2.24) is 0 Å². The van der Waals surface area contributed by atoms with Crippen molar-refractivity contribution in [2.24, 2.45) is 5.92 Å². The minimum absolute atomic E-state index is 0.350. The van der Waals surface area contributed by atoms with Gasteiger partial charge in [0.25, 0.3) is 0 Å². The molecule has 0 fully saturated rings. The fraction of sp³-hybridized carbons (Fsp3) is 1.00. The van der Waals surface area contributed by atoms with Crippen LogP contribution in [0.3, 0.4) is 0 Å². The molecule has 0 saturated heterocycles. The zero-order valence-corrected chi connectivity index (χ0v) is 7.64. The van der Waals surface area contributed by atoms with Crippen molar-refractivity contribution in [2.75, 3.05) is 6.61 Å². The van der Waals surface area contributed by atoms with Crippen molar-refractivity contribution < 1.29 is 20.8 Å².